The Hall–Kier alpha value is -3.10. The third-order valence-corrected chi connectivity index (χ3v) is 5.13. The highest BCUT2D eigenvalue weighted by Gasteiger charge is 2.12. The summed E-state index contributed by atoms with van der Waals surface area (Å²) in [5, 5.41) is 9.64. The summed E-state index contributed by atoms with van der Waals surface area (Å²) in [6.45, 7) is 0.104. The Balaban J connectivity index is 1.34. The van der Waals surface area contributed by atoms with E-state index in [4.69, 9.17) is 16.1 Å². The quantitative estimate of drug-likeness (QED) is 0.488. The van der Waals surface area contributed by atoms with E-state index in [1.165, 1.54) is 23.5 Å². The van der Waals surface area contributed by atoms with Gasteiger partial charge in [-0.05, 0) is 24.3 Å². The number of benzene rings is 2. The van der Waals surface area contributed by atoms with Gasteiger partial charge in [0.05, 0.1) is 18.7 Å². The molecule has 1 amide bonds. The van der Waals surface area contributed by atoms with E-state index < -0.39 is 0 Å². The third-order valence-electron chi connectivity index (χ3n) is 3.95. The van der Waals surface area contributed by atoms with E-state index in [0.717, 1.165) is 5.56 Å². The zero-order valence-electron chi connectivity index (χ0n) is 14.9. The minimum absolute atomic E-state index is 0.0983. The molecule has 0 aliphatic carbocycles. The molecule has 2 aromatic carbocycles. The summed E-state index contributed by atoms with van der Waals surface area (Å²) in [6.07, 6.45) is 0.0983. The highest BCUT2D eigenvalue weighted by atomic mass is 35.5. The van der Waals surface area contributed by atoms with Crippen LogP contribution in [0.4, 0.5) is 4.39 Å². The fourth-order valence-corrected chi connectivity index (χ4v) is 3.62. The van der Waals surface area contributed by atoms with Crippen molar-refractivity contribution >= 4 is 28.8 Å². The summed E-state index contributed by atoms with van der Waals surface area (Å²) in [4.78, 5) is 20.8. The Morgan fingerprint density at radius 1 is 1.14 bits per heavy atom. The van der Waals surface area contributed by atoms with Gasteiger partial charge in [0.25, 0.3) is 0 Å². The van der Waals surface area contributed by atoms with Gasteiger partial charge in [0.1, 0.15) is 10.8 Å². The Kier molecular flexibility index (Phi) is 5.64. The van der Waals surface area contributed by atoms with Crippen molar-refractivity contribution in [2.75, 3.05) is 0 Å². The van der Waals surface area contributed by atoms with Crippen LogP contribution in [0.3, 0.4) is 0 Å². The third kappa shape index (κ3) is 4.85. The molecule has 29 heavy (non-hydrogen) atoms. The molecule has 2 aromatic heterocycles. The molecule has 9 heteroatoms. The molecular weight excluding hydrogens is 415 g/mol. The number of halogens is 2. The molecule has 6 nitrogen and oxygen atoms in total. The van der Waals surface area contributed by atoms with Crippen molar-refractivity contribution in [1.82, 2.24) is 20.4 Å². The minimum Gasteiger partial charge on any atom is -0.347 e. The number of hydrogen-bond donors (Lipinski definition) is 1. The van der Waals surface area contributed by atoms with E-state index in [9.17, 15) is 9.18 Å². The lowest BCUT2D eigenvalue weighted by Gasteiger charge is -2.00. The molecule has 0 unspecified atom stereocenters. The largest absolute Gasteiger partial charge is 0.347 e. The lowest BCUT2D eigenvalue weighted by molar-refractivity contribution is -0.120. The van der Waals surface area contributed by atoms with Gasteiger partial charge in [-0.15, -0.1) is 11.3 Å². The van der Waals surface area contributed by atoms with E-state index in [-0.39, 0.29) is 30.6 Å². The van der Waals surface area contributed by atoms with Gasteiger partial charge >= 0.3 is 0 Å². The normalized spacial score (nSPS) is 10.8. The lowest BCUT2D eigenvalue weighted by Crippen LogP contribution is -2.24. The van der Waals surface area contributed by atoms with Gasteiger partial charge in [-0.1, -0.05) is 41.0 Å². The zero-order valence-corrected chi connectivity index (χ0v) is 16.5. The van der Waals surface area contributed by atoms with E-state index in [0.29, 0.717) is 27.1 Å². The standard InChI is InChI=1S/C20H14ClFN4O2S/c21-14-5-1-3-12(7-14)19-25-18(28-26-19)10-23-17(27)9-16-11-29-20(24-16)13-4-2-6-15(22)8-13/h1-8,11H,9-10H2,(H,23,27). The maximum atomic E-state index is 13.3. The summed E-state index contributed by atoms with van der Waals surface area (Å²) in [7, 11) is 0. The molecule has 0 fully saturated rings. The molecule has 4 rings (SSSR count). The second-order valence-electron chi connectivity index (χ2n) is 6.13. The van der Waals surface area contributed by atoms with Gasteiger partial charge in [-0.3, -0.25) is 4.79 Å². The number of carbonyl (C=O) groups excluding carboxylic acids is 1. The highest BCUT2D eigenvalue weighted by molar-refractivity contribution is 7.13. The van der Waals surface area contributed by atoms with Crippen LogP contribution in [0.2, 0.25) is 5.02 Å². The Morgan fingerprint density at radius 3 is 2.79 bits per heavy atom. The first-order valence-corrected chi connectivity index (χ1v) is 9.88. The number of rotatable bonds is 6. The Bertz CT molecular complexity index is 1160. The smallest absolute Gasteiger partial charge is 0.246 e. The van der Waals surface area contributed by atoms with E-state index in [1.807, 2.05) is 6.07 Å². The number of hydrogen-bond acceptors (Lipinski definition) is 6. The SMILES string of the molecule is O=C(Cc1csc(-c2cccc(F)c2)n1)NCc1nc(-c2cccc(Cl)c2)no1. The van der Waals surface area contributed by atoms with Crippen LogP contribution in [-0.2, 0) is 17.8 Å². The zero-order chi connectivity index (χ0) is 20.2. The van der Waals surface area contributed by atoms with E-state index in [1.54, 1.807) is 35.7 Å². The average Bonchev–Trinajstić information content (AvgIpc) is 3.36. The molecule has 0 spiro atoms. The van der Waals surface area contributed by atoms with Crippen molar-refractivity contribution in [2.45, 2.75) is 13.0 Å². The molecule has 4 aromatic rings. The molecule has 0 saturated carbocycles. The molecule has 146 valence electrons. The number of thiazole rings is 1. The van der Waals surface area contributed by atoms with E-state index in [2.05, 4.69) is 20.4 Å². The summed E-state index contributed by atoms with van der Waals surface area (Å²) in [6, 6.07) is 13.3. The van der Waals surface area contributed by atoms with E-state index >= 15 is 0 Å². The van der Waals surface area contributed by atoms with Crippen LogP contribution in [0, 0.1) is 5.82 Å². The first-order chi connectivity index (χ1) is 14.1. The first-order valence-electron chi connectivity index (χ1n) is 8.62. The fourth-order valence-electron chi connectivity index (χ4n) is 2.61. The van der Waals surface area contributed by atoms with Gasteiger partial charge in [0, 0.05) is 21.5 Å². The van der Waals surface area contributed by atoms with Crippen molar-refractivity contribution in [2.24, 2.45) is 0 Å². The number of carbonyl (C=O) groups is 1. The summed E-state index contributed by atoms with van der Waals surface area (Å²) in [5.41, 5.74) is 2.02. The van der Waals surface area contributed by atoms with Gasteiger partial charge in [-0.2, -0.15) is 4.98 Å². The van der Waals surface area contributed by atoms with Crippen molar-refractivity contribution in [3.63, 3.8) is 0 Å². The van der Waals surface area contributed by atoms with Crippen molar-refractivity contribution in [3.05, 3.63) is 76.3 Å². The lowest BCUT2D eigenvalue weighted by atomic mass is 10.2. The molecule has 1 N–H and O–H groups in total. The van der Waals surface area contributed by atoms with Gasteiger partial charge in [0.15, 0.2) is 0 Å². The second kappa shape index (κ2) is 8.50. The maximum Gasteiger partial charge on any atom is 0.246 e. The Labute approximate surface area is 174 Å². The maximum absolute atomic E-state index is 13.3. The highest BCUT2D eigenvalue weighted by Crippen LogP contribution is 2.24. The van der Waals surface area contributed by atoms with Crippen molar-refractivity contribution in [1.29, 1.82) is 0 Å². The molecule has 0 atom stereocenters. The van der Waals surface area contributed by atoms with Crippen molar-refractivity contribution in [3.8, 4) is 22.0 Å². The second-order valence-corrected chi connectivity index (χ2v) is 7.42. The number of nitrogens with zero attached hydrogens (tertiary/aromatic N) is 3. The molecule has 0 radical (unpaired) electrons. The van der Waals surface area contributed by atoms with Crippen LogP contribution in [0.5, 0.6) is 0 Å². The molecule has 0 aliphatic heterocycles. The predicted octanol–water partition coefficient (Wildman–Crippen LogP) is 4.51. The van der Waals surface area contributed by atoms with Crippen LogP contribution >= 0.6 is 22.9 Å². The summed E-state index contributed by atoms with van der Waals surface area (Å²) < 4.78 is 18.5. The molecule has 2 heterocycles. The molecule has 0 aliphatic rings. The van der Waals surface area contributed by atoms with Crippen LogP contribution < -0.4 is 5.32 Å². The molecular formula is C20H14ClFN4O2S. The first kappa shape index (κ1) is 19.2. The van der Waals surface area contributed by atoms with Crippen LogP contribution in [0.1, 0.15) is 11.6 Å². The van der Waals surface area contributed by atoms with Gasteiger partial charge < -0.3 is 9.84 Å². The minimum atomic E-state index is -0.325. The van der Waals surface area contributed by atoms with Crippen LogP contribution in [0.25, 0.3) is 22.0 Å². The topological polar surface area (TPSA) is 80.9 Å². The van der Waals surface area contributed by atoms with Crippen molar-refractivity contribution < 1.29 is 13.7 Å². The van der Waals surface area contributed by atoms with Crippen LogP contribution in [0.15, 0.2) is 58.4 Å². The van der Waals surface area contributed by atoms with Crippen LogP contribution in [-0.4, -0.2) is 21.0 Å². The monoisotopic (exact) mass is 428 g/mol. The predicted molar refractivity (Wildman–Crippen MR) is 108 cm³/mol. The number of amides is 1. The summed E-state index contributed by atoms with van der Waals surface area (Å²) in [5.74, 6) is 0.125. The average molecular weight is 429 g/mol. The molecule has 0 bridgehead atoms. The Morgan fingerprint density at radius 2 is 1.97 bits per heavy atom. The number of aromatic nitrogens is 3. The van der Waals surface area contributed by atoms with Gasteiger partial charge in [0.2, 0.25) is 17.6 Å². The number of nitrogens with one attached hydrogen (secondary N) is 1. The summed E-state index contributed by atoms with van der Waals surface area (Å²) >= 11 is 7.32. The van der Waals surface area contributed by atoms with Gasteiger partial charge in [-0.25, -0.2) is 9.37 Å². The fraction of sp³-hybridized carbons (Fsp3) is 0.100. The molecule has 0 saturated heterocycles.